The van der Waals surface area contributed by atoms with E-state index in [1.54, 1.807) is 29.2 Å². The van der Waals surface area contributed by atoms with Crippen LogP contribution in [0.4, 0.5) is 18.9 Å². The molecule has 6 nitrogen and oxygen atoms in total. The summed E-state index contributed by atoms with van der Waals surface area (Å²) in [5.74, 6) is -1.25. The Morgan fingerprint density at radius 2 is 1.70 bits per heavy atom. The number of unbranched alkanes of at least 4 members (excludes halogenated alkanes) is 1. The maximum absolute atomic E-state index is 14.2. The van der Waals surface area contributed by atoms with Crippen molar-refractivity contribution in [2.75, 3.05) is 4.90 Å². The summed E-state index contributed by atoms with van der Waals surface area (Å²) in [4.78, 5) is 34.2. The van der Waals surface area contributed by atoms with Crippen LogP contribution in [0.1, 0.15) is 67.7 Å². The standard InChI is InChI=1S/C34H36F3N3O3/c1-2-3-13-29(41)27(20-22-14-15-22)32(42)39-31-33(43)40(21-23-9-5-4-6-10-23)28-12-8-7-11-26(28)30(38-31)24-16-18-25(19-17-24)34(35,36)37/h4-12,16-19,22,27,29,31,41H,2-3,13-15,20-21H2,1H3,(H,39,42)/t27-,29+,31?/m1/s1. The number of rotatable bonds is 11. The Kier molecular flexibility index (Phi) is 9.30. The summed E-state index contributed by atoms with van der Waals surface area (Å²) in [5, 5.41) is 13.8. The number of aliphatic hydroxyl groups excluding tert-OH is 1. The molecular formula is C34H36F3N3O3. The van der Waals surface area contributed by atoms with Crippen LogP contribution in [0.2, 0.25) is 0 Å². The Labute approximate surface area is 249 Å². The first-order valence-electron chi connectivity index (χ1n) is 14.8. The second kappa shape index (κ2) is 13.1. The van der Waals surface area contributed by atoms with Gasteiger partial charge in [-0.25, -0.2) is 4.99 Å². The summed E-state index contributed by atoms with van der Waals surface area (Å²) >= 11 is 0. The van der Waals surface area contributed by atoms with E-state index >= 15 is 0 Å². The number of aliphatic hydroxyl groups is 1. The van der Waals surface area contributed by atoms with E-state index in [1.165, 1.54) is 12.1 Å². The number of halogens is 3. The van der Waals surface area contributed by atoms with E-state index < -0.39 is 41.7 Å². The van der Waals surface area contributed by atoms with Crippen LogP contribution in [0.25, 0.3) is 0 Å². The molecule has 2 N–H and O–H groups in total. The number of benzodiazepines with no additional fused rings is 1. The topological polar surface area (TPSA) is 82.0 Å². The molecular weight excluding hydrogens is 555 g/mol. The van der Waals surface area contributed by atoms with Crippen molar-refractivity contribution in [3.63, 3.8) is 0 Å². The second-order valence-corrected chi connectivity index (χ2v) is 11.4. The monoisotopic (exact) mass is 591 g/mol. The van der Waals surface area contributed by atoms with Gasteiger partial charge in [0.25, 0.3) is 5.91 Å². The van der Waals surface area contributed by atoms with Crippen molar-refractivity contribution < 1.29 is 27.9 Å². The molecule has 226 valence electrons. The van der Waals surface area contributed by atoms with Gasteiger partial charge in [0.15, 0.2) is 0 Å². The predicted octanol–water partition coefficient (Wildman–Crippen LogP) is 6.50. The number of hydrogen-bond donors (Lipinski definition) is 2. The molecule has 2 aliphatic rings. The number of para-hydroxylation sites is 1. The summed E-state index contributed by atoms with van der Waals surface area (Å²) in [6.45, 7) is 2.22. The molecule has 0 aromatic heterocycles. The lowest BCUT2D eigenvalue weighted by molar-refractivity contribution is -0.137. The summed E-state index contributed by atoms with van der Waals surface area (Å²) in [6, 6.07) is 21.1. The van der Waals surface area contributed by atoms with Gasteiger partial charge in [-0.05, 0) is 42.5 Å². The Hall–Kier alpha value is -3.98. The van der Waals surface area contributed by atoms with Crippen molar-refractivity contribution in [3.8, 4) is 0 Å². The first-order valence-corrected chi connectivity index (χ1v) is 14.8. The molecule has 1 unspecified atom stereocenters. The van der Waals surface area contributed by atoms with Crippen LogP contribution >= 0.6 is 0 Å². The highest BCUT2D eigenvalue weighted by Gasteiger charge is 2.38. The highest BCUT2D eigenvalue weighted by atomic mass is 19.4. The van der Waals surface area contributed by atoms with E-state index in [-0.39, 0.29) is 6.54 Å². The van der Waals surface area contributed by atoms with E-state index in [0.717, 1.165) is 43.4 Å². The van der Waals surface area contributed by atoms with Crippen LogP contribution in [0.3, 0.4) is 0 Å². The van der Waals surface area contributed by atoms with Gasteiger partial charge in [-0.3, -0.25) is 9.59 Å². The average Bonchev–Trinajstić information content (AvgIpc) is 3.84. The second-order valence-electron chi connectivity index (χ2n) is 11.4. The number of aliphatic imine (C=N–C) groups is 1. The quantitative estimate of drug-likeness (QED) is 0.267. The number of alkyl halides is 3. The minimum Gasteiger partial charge on any atom is -0.392 e. The fourth-order valence-electron chi connectivity index (χ4n) is 5.51. The zero-order valence-electron chi connectivity index (χ0n) is 24.1. The molecule has 3 aromatic rings. The number of nitrogens with one attached hydrogen (secondary N) is 1. The molecule has 3 atom stereocenters. The number of nitrogens with zero attached hydrogens (tertiary/aromatic N) is 2. The van der Waals surface area contributed by atoms with Crippen LogP contribution in [0, 0.1) is 11.8 Å². The molecule has 1 fully saturated rings. The molecule has 0 bridgehead atoms. The lowest BCUT2D eigenvalue weighted by Gasteiger charge is -2.27. The van der Waals surface area contributed by atoms with Gasteiger partial charge < -0.3 is 15.3 Å². The van der Waals surface area contributed by atoms with Gasteiger partial charge in [-0.15, -0.1) is 0 Å². The van der Waals surface area contributed by atoms with E-state index in [9.17, 15) is 27.9 Å². The molecule has 43 heavy (non-hydrogen) atoms. The van der Waals surface area contributed by atoms with Crippen molar-refractivity contribution in [1.29, 1.82) is 0 Å². The van der Waals surface area contributed by atoms with Crippen LogP contribution in [-0.2, 0) is 22.3 Å². The van der Waals surface area contributed by atoms with Crippen molar-refractivity contribution in [3.05, 3.63) is 101 Å². The zero-order chi connectivity index (χ0) is 30.6. The molecule has 2 amide bonds. The maximum atomic E-state index is 14.2. The Balaban J connectivity index is 1.55. The normalized spacial score (nSPS) is 18.3. The van der Waals surface area contributed by atoms with E-state index in [2.05, 4.69) is 5.32 Å². The van der Waals surface area contributed by atoms with Crippen LogP contribution < -0.4 is 10.2 Å². The lowest BCUT2D eigenvalue weighted by Crippen LogP contribution is -2.50. The molecule has 0 spiro atoms. The first kappa shape index (κ1) is 30.5. The highest BCUT2D eigenvalue weighted by Crippen LogP contribution is 2.37. The van der Waals surface area contributed by atoms with Gasteiger partial charge in [-0.1, -0.05) is 93.3 Å². The number of carbonyl (C=O) groups is 2. The molecule has 9 heteroatoms. The summed E-state index contributed by atoms with van der Waals surface area (Å²) in [5.41, 5.74) is 1.82. The number of hydrogen-bond acceptors (Lipinski definition) is 4. The summed E-state index contributed by atoms with van der Waals surface area (Å²) < 4.78 is 40.0. The fraction of sp³-hybridized carbons (Fsp3) is 0.382. The smallest absolute Gasteiger partial charge is 0.392 e. The third-order valence-electron chi connectivity index (χ3n) is 8.10. The van der Waals surface area contributed by atoms with E-state index in [1.807, 2.05) is 37.3 Å². The minimum atomic E-state index is -4.50. The van der Waals surface area contributed by atoms with Crippen LogP contribution in [0.15, 0.2) is 83.9 Å². The number of anilines is 1. The predicted molar refractivity (Wildman–Crippen MR) is 159 cm³/mol. The zero-order valence-corrected chi connectivity index (χ0v) is 24.1. The fourth-order valence-corrected chi connectivity index (χ4v) is 5.51. The lowest BCUT2D eigenvalue weighted by atomic mass is 9.91. The molecule has 3 aromatic carbocycles. The van der Waals surface area contributed by atoms with E-state index in [4.69, 9.17) is 4.99 Å². The molecule has 0 radical (unpaired) electrons. The Morgan fingerprint density at radius 3 is 2.35 bits per heavy atom. The Morgan fingerprint density at radius 1 is 1.02 bits per heavy atom. The van der Waals surface area contributed by atoms with Crippen molar-refractivity contribution in [2.24, 2.45) is 16.8 Å². The molecule has 1 aliphatic carbocycles. The number of amides is 2. The van der Waals surface area contributed by atoms with Crippen molar-refractivity contribution in [2.45, 2.75) is 70.4 Å². The van der Waals surface area contributed by atoms with Gasteiger partial charge >= 0.3 is 6.18 Å². The third kappa shape index (κ3) is 7.33. The van der Waals surface area contributed by atoms with Crippen molar-refractivity contribution >= 4 is 23.2 Å². The van der Waals surface area contributed by atoms with E-state index in [0.29, 0.717) is 41.3 Å². The Bertz CT molecular complexity index is 1450. The molecule has 0 saturated heterocycles. The molecule has 1 aliphatic heterocycles. The van der Waals surface area contributed by atoms with Crippen LogP contribution in [0.5, 0.6) is 0 Å². The van der Waals surface area contributed by atoms with Gasteiger partial charge in [-0.2, -0.15) is 13.2 Å². The molecule has 1 heterocycles. The number of carbonyl (C=O) groups excluding carboxylic acids is 2. The third-order valence-corrected chi connectivity index (χ3v) is 8.10. The number of fused-ring (bicyclic) bond motifs is 1. The largest absolute Gasteiger partial charge is 0.416 e. The minimum absolute atomic E-state index is 0.198. The SMILES string of the molecule is CCCC[C@H](O)[C@@H](CC1CC1)C(=O)NC1N=C(c2ccc(C(F)(F)F)cc2)c2ccccc2N(Cc2ccccc2)C1=O. The van der Waals surface area contributed by atoms with Gasteiger partial charge in [0.1, 0.15) is 0 Å². The molecule has 1 saturated carbocycles. The van der Waals surface area contributed by atoms with Gasteiger partial charge in [0, 0.05) is 11.1 Å². The molecule has 5 rings (SSSR count). The first-order chi connectivity index (χ1) is 20.7. The maximum Gasteiger partial charge on any atom is 0.416 e. The van der Waals surface area contributed by atoms with Crippen LogP contribution in [-0.4, -0.2) is 34.9 Å². The number of benzene rings is 3. The van der Waals surface area contributed by atoms with Gasteiger partial charge in [0.2, 0.25) is 12.1 Å². The summed E-state index contributed by atoms with van der Waals surface area (Å²) in [6.07, 6.45) is -2.04. The summed E-state index contributed by atoms with van der Waals surface area (Å²) in [7, 11) is 0. The van der Waals surface area contributed by atoms with Gasteiger partial charge in [0.05, 0.1) is 35.5 Å². The average molecular weight is 592 g/mol. The van der Waals surface area contributed by atoms with Crippen molar-refractivity contribution in [1.82, 2.24) is 5.32 Å². The highest BCUT2D eigenvalue weighted by molar-refractivity contribution is 6.20.